The van der Waals surface area contributed by atoms with E-state index in [4.69, 9.17) is 4.74 Å². The van der Waals surface area contributed by atoms with E-state index in [9.17, 15) is 0 Å². The zero-order chi connectivity index (χ0) is 11.3. The summed E-state index contributed by atoms with van der Waals surface area (Å²) in [6, 6.07) is 6.29. The number of hydrogen-bond donors (Lipinski definition) is 1. The summed E-state index contributed by atoms with van der Waals surface area (Å²) in [5, 5.41) is 3.14. The number of nitrogens with one attached hydrogen (secondary N) is 1. The average molecular weight is 205 g/mol. The van der Waals surface area contributed by atoms with Crippen molar-refractivity contribution in [2.75, 3.05) is 13.7 Å². The maximum Gasteiger partial charge on any atom is 0.119 e. The van der Waals surface area contributed by atoms with Crippen LogP contribution in [0, 0.1) is 6.92 Å². The van der Waals surface area contributed by atoms with Crippen LogP contribution in [0.3, 0.4) is 0 Å². The quantitative estimate of drug-likeness (QED) is 0.746. The van der Waals surface area contributed by atoms with Crippen LogP contribution in [0.2, 0.25) is 0 Å². The van der Waals surface area contributed by atoms with Gasteiger partial charge in [0.1, 0.15) is 5.76 Å². The first-order chi connectivity index (χ1) is 7.19. The van der Waals surface area contributed by atoms with Crippen LogP contribution in [0.4, 0.5) is 0 Å². The molecule has 1 N–H and O–H groups in total. The van der Waals surface area contributed by atoms with Gasteiger partial charge in [-0.15, -0.1) is 0 Å². The van der Waals surface area contributed by atoms with Crippen molar-refractivity contribution >= 4 is 5.76 Å². The van der Waals surface area contributed by atoms with E-state index in [1.54, 1.807) is 0 Å². The van der Waals surface area contributed by atoms with Crippen molar-refractivity contribution in [3.8, 4) is 0 Å². The molecule has 0 aliphatic rings. The monoisotopic (exact) mass is 205 g/mol. The highest BCUT2D eigenvalue weighted by atomic mass is 16.5. The molecule has 0 aromatic heterocycles. The molecule has 1 aromatic rings. The van der Waals surface area contributed by atoms with E-state index < -0.39 is 0 Å². The highest BCUT2D eigenvalue weighted by Crippen LogP contribution is 2.18. The first kappa shape index (κ1) is 11.8. The molecule has 2 heteroatoms. The minimum Gasteiger partial charge on any atom is -0.494 e. The van der Waals surface area contributed by atoms with Gasteiger partial charge in [-0.05, 0) is 38.1 Å². The zero-order valence-corrected chi connectivity index (χ0v) is 9.76. The number of ether oxygens (including phenoxy) is 1. The first-order valence-electron chi connectivity index (χ1n) is 5.25. The Morgan fingerprint density at radius 2 is 2.20 bits per heavy atom. The molecule has 0 fully saturated rings. The Hall–Kier alpha value is -1.28. The molecule has 1 rings (SSSR count). The van der Waals surface area contributed by atoms with Crippen LogP contribution in [0.1, 0.15) is 23.6 Å². The van der Waals surface area contributed by atoms with Crippen LogP contribution in [-0.2, 0) is 11.3 Å². The predicted octanol–water partition coefficient (Wildman–Crippen LogP) is 2.72. The summed E-state index contributed by atoms with van der Waals surface area (Å²) in [6.45, 7) is 9.52. The van der Waals surface area contributed by atoms with Gasteiger partial charge in [0.25, 0.3) is 0 Å². The molecule has 1 aromatic carbocycles. The van der Waals surface area contributed by atoms with Gasteiger partial charge in [-0.25, -0.2) is 0 Å². The third kappa shape index (κ3) is 3.10. The van der Waals surface area contributed by atoms with Crippen LogP contribution in [-0.4, -0.2) is 13.7 Å². The van der Waals surface area contributed by atoms with Crippen molar-refractivity contribution in [1.29, 1.82) is 0 Å². The number of aryl methyl sites for hydroxylation is 1. The molecule has 0 spiro atoms. The summed E-state index contributed by atoms with van der Waals surface area (Å²) < 4.78 is 5.37. The summed E-state index contributed by atoms with van der Waals surface area (Å²) in [7, 11) is 1.95. The normalized spacial score (nSPS) is 10.1. The molecule has 2 nitrogen and oxygen atoms in total. The molecule has 0 saturated carbocycles. The summed E-state index contributed by atoms with van der Waals surface area (Å²) in [6.07, 6.45) is 0. The topological polar surface area (TPSA) is 21.3 Å². The van der Waals surface area contributed by atoms with Crippen LogP contribution < -0.4 is 5.32 Å². The largest absolute Gasteiger partial charge is 0.494 e. The van der Waals surface area contributed by atoms with Gasteiger partial charge in [0.15, 0.2) is 0 Å². The second-order valence-electron chi connectivity index (χ2n) is 3.53. The lowest BCUT2D eigenvalue weighted by Gasteiger charge is -2.10. The molecule has 0 aliphatic carbocycles. The second-order valence-corrected chi connectivity index (χ2v) is 3.53. The Kier molecular flexibility index (Phi) is 4.37. The number of benzene rings is 1. The maximum atomic E-state index is 5.37. The molecule has 82 valence electrons. The average Bonchev–Trinajstić information content (AvgIpc) is 2.21. The number of hydrogen-bond acceptors (Lipinski definition) is 2. The third-order valence-corrected chi connectivity index (χ3v) is 2.35. The lowest BCUT2D eigenvalue weighted by atomic mass is 10.0. The fraction of sp³-hybridized carbons (Fsp3) is 0.385. The third-order valence-electron chi connectivity index (χ3n) is 2.35. The maximum absolute atomic E-state index is 5.37. The Morgan fingerprint density at radius 3 is 2.73 bits per heavy atom. The Morgan fingerprint density at radius 1 is 1.47 bits per heavy atom. The van der Waals surface area contributed by atoms with Gasteiger partial charge < -0.3 is 10.1 Å². The summed E-state index contributed by atoms with van der Waals surface area (Å²) in [4.78, 5) is 0. The molecule has 15 heavy (non-hydrogen) atoms. The fourth-order valence-electron chi connectivity index (χ4n) is 1.52. The van der Waals surface area contributed by atoms with Crippen molar-refractivity contribution in [3.63, 3.8) is 0 Å². The summed E-state index contributed by atoms with van der Waals surface area (Å²) in [5.41, 5.74) is 3.64. The molecule has 0 aliphatic heterocycles. The van der Waals surface area contributed by atoms with Gasteiger partial charge in [0, 0.05) is 12.1 Å². The predicted molar refractivity (Wildman–Crippen MR) is 64.6 cm³/mol. The van der Waals surface area contributed by atoms with E-state index in [1.807, 2.05) is 14.0 Å². The Labute approximate surface area is 92.0 Å². The molecule has 0 unspecified atom stereocenters. The highest BCUT2D eigenvalue weighted by molar-refractivity contribution is 5.58. The highest BCUT2D eigenvalue weighted by Gasteiger charge is 2.02. The number of rotatable bonds is 5. The summed E-state index contributed by atoms with van der Waals surface area (Å²) >= 11 is 0. The van der Waals surface area contributed by atoms with E-state index in [2.05, 4.69) is 37.0 Å². The second kappa shape index (κ2) is 5.56. The van der Waals surface area contributed by atoms with E-state index in [-0.39, 0.29) is 0 Å². The van der Waals surface area contributed by atoms with Crippen molar-refractivity contribution in [2.45, 2.75) is 20.4 Å². The molecular formula is C13H19NO. The Balaban J connectivity index is 2.86. The standard InChI is InChI=1S/C13H19NO/c1-5-15-11(3)12-6-7-13(9-14-4)10(2)8-12/h6-8,14H,3,5,9H2,1-2,4H3. The van der Waals surface area contributed by atoms with Gasteiger partial charge in [0.2, 0.25) is 0 Å². The SMILES string of the molecule is C=C(OCC)c1ccc(CNC)c(C)c1. The van der Waals surface area contributed by atoms with Crippen LogP contribution in [0.25, 0.3) is 5.76 Å². The lowest BCUT2D eigenvalue weighted by Crippen LogP contribution is -2.06. The van der Waals surface area contributed by atoms with Gasteiger partial charge in [-0.2, -0.15) is 0 Å². The zero-order valence-electron chi connectivity index (χ0n) is 9.76. The first-order valence-corrected chi connectivity index (χ1v) is 5.25. The Bertz CT molecular complexity index is 344. The molecule has 0 amide bonds. The van der Waals surface area contributed by atoms with E-state index >= 15 is 0 Å². The van der Waals surface area contributed by atoms with Crippen molar-refractivity contribution < 1.29 is 4.74 Å². The lowest BCUT2D eigenvalue weighted by molar-refractivity contribution is 0.299. The molecule has 0 radical (unpaired) electrons. The molecule has 0 saturated heterocycles. The molecule has 0 heterocycles. The van der Waals surface area contributed by atoms with Gasteiger partial charge in [-0.3, -0.25) is 0 Å². The minimum absolute atomic E-state index is 0.663. The molecule has 0 atom stereocenters. The molecular weight excluding hydrogens is 186 g/mol. The van der Waals surface area contributed by atoms with Crippen LogP contribution in [0.5, 0.6) is 0 Å². The fourth-order valence-corrected chi connectivity index (χ4v) is 1.52. The van der Waals surface area contributed by atoms with Crippen molar-refractivity contribution in [2.24, 2.45) is 0 Å². The van der Waals surface area contributed by atoms with Crippen LogP contribution >= 0.6 is 0 Å². The van der Waals surface area contributed by atoms with Crippen molar-refractivity contribution in [3.05, 3.63) is 41.5 Å². The molecule has 0 bridgehead atoms. The van der Waals surface area contributed by atoms with E-state index in [0.717, 1.165) is 17.9 Å². The van der Waals surface area contributed by atoms with E-state index in [0.29, 0.717) is 6.61 Å². The van der Waals surface area contributed by atoms with E-state index in [1.165, 1.54) is 11.1 Å². The smallest absolute Gasteiger partial charge is 0.119 e. The van der Waals surface area contributed by atoms with Gasteiger partial charge in [-0.1, -0.05) is 18.7 Å². The van der Waals surface area contributed by atoms with Gasteiger partial charge >= 0.3 is 0 Å². The van der Waals surface area contributed by atoms with Gasteiger partial charge in [0.05, 0.1) is 6.61 Å². The van der Waals surface area contributed by atoms with Crippen molar-refractivity contribution in [1.82, 2.24) is 5.32 Å². The summed E-state index contributed by atoms with van der Waals surface area (Å²) in [5.74, 6) is 0.747. The minimum atomic E-state index is 0.663. The van der Waals surface area contributed by atoms with Crippen LogP contribution in [0.15, 0.2) is 24.8 Å².